The summed E-state index contributed by atoms with van der Waals surface area (Å²) in [5.74, 6) is 2.12. The first-order chi connectivity index (χ1) is 17.9. The van der Waals surface area contributed by atoms with Gasteiger partial charge in [0.1, 0.15) is 22.8 Å². The number of amides is 1. The number of benzene rings is 3. The largest absolute Gasteiger partial charge is 0.497 e. The molecule has 6 nitrogen and oxygen atoms in total. The van der Waals surface area contributed by atoms with E-state index in [9.17, 15) is 4.79 Å². The molecule has 0 fully saturated rings. The minimum Gasteiger partial charge on any atom is -0.497 e. The summed E-state index contributed by atoms with van der Waals surface area (Å²) in [6, 6.07) is 17.6. The normalized spacial score (nSPS) is 11.4. The second-order valence-electron chi connectivity index (χ2n) is 8.69. The smallest absolute Gasteiger partial charge is 0.244 e. The lowest BCUT2D eigenvalue weighted by Gasteiger charge is -2.15. The van der Waals surface area contributed by atoms with Crippen LogP contribution in [0.3, 0.4) is 0 Å². The molecule has 1 amide bonds. The zero-order valence-corrected chi connectivity index (χ0v) is 22.0. The van der Waals surface area contributed by atoms with Gasteiger partial charge in [-0.25, -0.2) is 0 Å². The van der Waals surface area contributed by atoms with E-state index in [0.717, 1.165) is 61.6 Å². The van der Waals surface area contributed by atoms with Gasteiger partial charge in [-0.2, -0.15) is 0 Å². The summed E-state index contributed by atoms with van der Waals surface area (Å²) in [6.45, 7) is 9.34. The summed E-state index contributed by atoms with van der Waals surface area (Å²) >= 11 is 0. The van der Waals surface area contributed by atoms with Gasteiger partial charge in [0.05, 0.1) is 26.6 Å². The van der Waals surface area contributed by atoms with Gasteiger partial charge in [0.15, 0.2) is 0 Å². The number of hydrogen-bond acceptors (Lipinski definition) is 5. The summed E-state index contributed by atoms with van der Waals surface area (Å²) in [4.78, 5) is 12.8. The van der Waals surface area contributed by atoms with Gasteiger partial charge in [0, 0.05) is 34.7 Å². The Morgan fingerprint density at radius 3 is 2.46 bits per heavy atom. The molecule has 0 aliphatic heterocycles. The molecule has 0 saturated carbocycles. The monoisotopic (exact) mass is 499 g/mol. The van der Waals surface area contributed by atoms with Crippen molar-refractivity contribution in [3.8, 4) is 28.4 Å². The first kappa shape index (κ1) is 25.9. The van der Waals surface area contributed by atoms with Gasteiger partial charge < -0.3 is 23.9 Å². The molecule has 0 atom stereocenters. The van der Waals surface area contributed by atoms with E-state index in [1.165, 1.54) is 0 Å². The number of methoxy groups -OCH3 is 1. The lowest BCUT2D eigenvalue weighted by molar-refractivity contribution is -0.116. The third-order valence-electron chi connectivity index (χ3n) is 6.18. The SMILES string of the molecule is CCOc1ccc(-c2coc3c(C)c(OCC)c(/C(C)=C/C(=O)NCc4cccc(OC)c4)cc23)cc1. The van der Waals surface area contributed by atoms with Crippen molar-refractivity contribution in [2.45, 2.75) is 34.2 Å². The van der Waals surface area contributed by atoms with Crippen LogP contribution in [-0.4, -0.2) is 26.2 Å². The maximum absolute atomic E-state index is 12.8. The Bertz CT molecular complexity index is 1420. The number of aryl methyl sites for hydroxylation is 1. The van der Waals surface area contributed by atoms with E-state index in [1.807, 2.05) is 82.3 Å². The predicted molar refractivity (Wildman–Crippen MR) is 147 cm³/mol. The predicted octanol–water partition coefficient (Wildman–Crippen LogP) is 6.93. The Morgan fingerprint density at radius 1 is 1.00 bits per heavy atom. The molecule has 1 aromatic heterocycles. The second kappa shape index (κ2) is 11.7. The number of carbonyl (C=O) groups excluding carboxylic acids is 1. The van der Waals surface area contributed by atoms with E-state index in [-0.39, 0.29) is 5.91 Å². The number of ether oxygens (including phenoxy) is 3. The number of furan rings is 1. The van der Waals surface area contributed by atoms with Crippen molar-refractivity contribution in [3.05, 3.63) is 83.6 Å². The summed E-state index contributed by atoms with van der Waals surface area (Å²) in [7, 11) is 1.62. The molecule has 0 radical (unpaired) electrons. The minimum absolute atomic E-state index is 0.181. The van der Waals surface area contributed by atoms with Gasteiger partial charge in [-0.05, 0) is 74.7 Å². The zero-order chi connectivity index (χ0) is 26.4. The fourth-order valence-corrected chi connectivity index (χ4v) is 4.36. The molecule has 37 heavy (non-hydrogen) atoms. The molecule has 192 valence electrons. The van der Waals surface area contributed by atoms with Crippen LogP contribution in [0.25, 0.3) is 27.7 Å². The highest BCUT2D eigenvalue weighted by atomic mass is 16.5. The molecule has 0 spiro atoms. The van der Waals surface area contributed by atoms with Crippen LogP contribution in [0.4, 0.5) is 0 Å². The van der Waals surface area contributed by atoms with Crippen LogP contribution in [0.1, 0.15) is 37.5 Å². The zero-order valence-electron chi connectivity index (χ0n) is 22.0. The van der Waals surface area contributed by atoms with Crippen molar-refractivity contribution < 1.29 is 23.4 Å². The number of hydrogen-bond donors (Lipinski definition) is 1. The number of rotatable bonds is 10. The van der Waals surface area contributed by atoms with Crippen LogP contribution in [0.2, 0.25) is 0 Å². The highest BCUT2D eigenvalue weighted by Gasteiger charge is 2.19. The number of nitrogens with one attached hydrogen (secondary N) is 1. The number of carbonyl (C=O) groups is 1. The highest BCUT2D eigenvalue weighted by Crippen LogP contribution is 2.41. The van der Waals surface area contributed by atoms with Crippen molar-refractivity contribution in [2.24, 2.45) is 0 Å². The molecule has 1 N–H and O–H groups in total. The van der Waals surface area contributed by atoms with E-state index in [1.54, 1.807) is 19.4 Å². The first-order valence-electron chi connectivity index (χ1n) is 12.4. The molecular weight excluding hydrogens is 466 g/mol. The second-order valence-corrected chi connectivity index (χ2v) is 8.69. The van der Waals surface area contributed by atoms with Crippen LogP contribution in [0.5, 0.6) is 17.2 Å². The third-order valence-corrected chi connectivity index (χ3v) is 6.18. The van der Waals surface area contributed by atoms with Gasteiger partial charge in [-0.3, -0.25) is 4.79 Å². The standard InChI is InChI=1S/C31H33NO5/c1-6-35-24-13-11-23(12-14-24)28-19-37-31-21(4)30(36-7-2)26(17-27(28)31)20(3)15-29(33)32-18-22-9-8-10-25(16-22)34-5/h8-17,19H,6-7,18H2,1-5H3,(H,32,33)/b20-15+. The average molecular weight is 500 g/mol. The van der Waals surface area contributed by atoms with Gasteiger partial charge in [0.25, 0.3) is 0 Å². The van der Waals surface area contributed by atoms with Crippen LogP contribution >= 0.6 is 0 Å². The average Bonchev–Trinajstić information content (AvgIpc) is 3.34. The maximum Gasteiger partial charge on any atom is 0.244 e. The topological polar surface area (TPSA) is 69.9 Å². The fraction of sp³-hybridized carbons (Fsp3) is 0.258. The molecule has 4 aromatic rings. The van der Waals surface area contributed by atoms with Gasteiger partial charge >= 0.3 is 0 Å². The van der Waals surface area contributed by atoms with E-state index >= 15 is 0 Å². The molecule has 0 unspecified atom stereocenters. The fourth-order valence-electron chi connectivity index (χ4n) is 4.36. The summed E-state index contributed by atoms with van der Waals surface area (Å²) in [5.41, 5.74) is 6.29. The highest BCUT2D eigenvalue weighted by molar-refractivity contribution is 6.01. The molecule has 6 heteroatoms. The summed E-state index contributed by atoms with van der Waals surface area (Å²) < 4.78 is 22.9. The first-order valence-corrected chi connectivity index (χ1v) is 12.4. The summed E-state index contributed by atoms with van der Waals surface area (Å²) in [6.07, 6.45) is 3.38. The quantitative estimate of drug-likeness (QED) is 0.240. The Labute approximate surface area is 217 Å². The molecular formula is C31H33NO5. The molecule has 0 aliphatic carbocycles. The lowest BCUT2D eigenvalue weighted by atomic mass is 9.96. The third kappa shape index (κ3) is 5.80. The molecule has 0 saturated heterocycles. The van der Waals surface area contributed by atoms with Crippen LogP contribution < -0.4 is 19.5 Å². The Morgan fingerprint density at radius 2 is 1.76 bits per heavy atom. The molecule has 0 bridgehead atoms. The lowest BCUT2D eigenvalue weighted by Crippen LogP contribution is -2.20. The number of allylic oxidation sites excluding steroid dienone is 1. The molecule has 3 aromatic carbocycles. The summed E-state index contributed by atoms with van der Waals surface area (Å²) in [5, 5.41) is 3.92. The Balaban J connectivity index is 1.66. The van der Waals surface area contributed by atoms with Crippen molar-refractivity contribution in [3.63, 3.8) is 0 Å². The van der Waals surface area contributed by atoms with Crippen molar-refractivity contribution in [1.29, 1.82) is 0 Å². The molecule has 0 aliphatic rings. The molecule has 4 rings (SSSR count). The van der Waals surface area contributed by atoms with E-state index in [0.29, 0.717) is 19.8 Å². The van der Waals surface area contributed by atoms with E-state index in [4.69, 9.17) is 18.6 Å². The minimum atomic E-state index is -0.181. The Kier molecular flexibility index (Phi) is 8.18. The van der Waals surface area contributed by atoms with Crippen LogP contribution in [-0.2, 0) is 11.3 Å². The Hall–Kier alpha value is -4.19. The van der Waals surface area contributed by atoms with E-state index in [2.05, 4.69) is 5.32 Å². The van der Waals surface area contributed by atoms with Gasteiger partial charge in [-0.15, -0.1) is 0 Å². The van der Waals surface area contributed by atoms with Crippen LogP contribution in [0.15, 0.2) is 71.4 Å². The van der Waals surface area contributed by atoms with Gasteiger partial charge in [-0.1, -0.05) is 24.3 Å². The van der Waals surface area contributed by atoms with Crippen molar-refractivity contribution in [1.82, 2.24) is 5.32 Å². The number of fused-ring (bicyclic) bond motifs is 1. The van der Waals surface area contributed by atoms with E-state index < -0.39 is 0 Å². The molecule has 1 heterocycles. The van der Waals surface area contributed by atoms with Crippen LogP contribution in [0, 0.1) is 6.92 Å². The van der Waals surface area contributed by atoms with Crippen molar-refractivity contribution in [2.75, 3.05) is 20.3 Å². The maximum atomic E-state index is 12.8. The van der Waals surface area contributed by atoms with Crippen molar-refractivity contribution >= 4 is 22.4 Å². The van der Waals surface area contributed by atoms with Gasteiger partial charge in [0.2, 0.25) is 5.91 Å².